The first-order valence-electron chi connectivity index (χ1n) is 14.5. The molecule has 10 heteroatoms. The van der Waals surface area contributed by atoms with E-state index in [1.165, 1.54) is 12.1 Å². The van der Waals surface area contributed by atoms with Crippen LogP contribution >= 0.6 is 0 Å². The van der Waals surface area contributed by atoms with Gasteiger partial charge in [-0.2, -0.15) is 0 Å². The highest BCUT2D eigenvalue weighted by atomic mass is 19.1. The number of piperazine rings is 1. The van der Waals surface area contributed by atoms with E-state index in [9.17, 15) is 13.6 Å². The number of carbonyl (C=O) groups excluding carboxylic acids is 1. The summed E-state index contributed by atoms with van der Waals surface area (Å²) in [5.41, 5.74) is 2.37. The normalized spacial score (nSPS) is 26.8. The van der Waals surface area contributed by atoms with Crippen molar-refractivity contribution < 1.29 is 23.0 Å². The molecule has 1 aromatic carbocycles. The van der Waals surface area contributed by atoms with Gasteiger partial charge in [0.1, 0.15) is 11.6 Å². The minimum Gasteiger partial charge on any atom is -0.383 e. The van der Waals surface area contributed by atoms with Gasteiger partial charge in [0, 0.05) is 87.3 Å². The summed E-state index contributed by atoms with van der Waals surface area (Å²) in [7, 11) is 1.72. The van der Waals surface area contributed by atoms with Gasteiger partial charge >= 0.3 is 0 Å². The van der Waals surface area contributed by atoms with E-state index >= 15 is 0 Å². The van der Waals surface area contributed by atoms with Gasteiger partial charge in [-0.05, 0) is 31.5 Å². The quantitative estimate of drug-likeness (QED) is 0.523. The van der Waals surface area contributed by atoms with Crippen molar-refractivity contribution in [3.63, 3.8) is 0 Å². The first kappa shape index (κ1) is 30.0. The summed E-state index contributed by atoms with van der Waals surface area (Å²) in [6.45, 7) is 14.5. The SMILES string of the molecule is COC[C@]1(C)COCCN1C[C@H]1CN[C@H](C)CN1CC(=O)N1CC(C)(C)c2cnc(Cc3ccc(F)cc3F)cc21. The van der Waals surface area contributed by atoms with E-state index in [-0.39, 0.29) is 35.4 Å². The van der Waals surface area contributed by atoms with Crippen LogP contribution in [0.15, 0.2) is 30.5 Å². The van der Waals surface area contributed by atoms with E-state index in [0.29, 0.717) is 44.2 Å². The summed E-state index contributed by atoms with van der Waals surface area (Å²) in [6, 6.07) is 5.93. The van der Waals surface area contributed by atoms with Gasteiger partial charge in [-0.3, -0.25) is 19.6 Å². The molecule has 0 saturated carbocycles. The molecule has 4 heterocycles. The number of ether oxygens (including phenoxy) is 2. The Bertz CT molecular complexity index is 1260. The summed E-state index contributed by atoms with van der Waals surface area (Å²) < 4.78 is 39.1. The molecule has 0 spiro atoms. The molecule has 5 rings (SSSR count). The fraction of sp³-hybridized carbons (Fsp3) is 0.613. The van der Waals surface area contributed by atoms with Crippen LogP contribution in [0, 0.1) is 11.6 Å². The van der Waals surface area contributed by atoms with Crippen molar-refractivity contribution in [1.29, 1.82) is 0 Å². The maximum absolute atomic E-state index is 14.4. The number of aromatic nitrogens is 1. The van der Waals surface area contributed by atoms with Gasteiger partial charge in [0.05, 0.1) is 37.6 Å². The molecule has 2 aromatic rings. The van der Waals surface area contributed by atoms with E-state index < -0.39 is 11.6 Å². The number of amides is 1. The molecule has 1 amide bonds. The molecule has 41 heavy (non-hydrogen) atoms. The predicted molar refractivity (Wildman–Crippen MR) is 154 cm³/mol. The van der Waals surface area contributed by atoms with Gasteiger partial charge < -0.3 is 19.7 Å². The van der Waals surface area contributed by atoms with Gasteiger partial charge in [0.25, 0.3) is 0 Å². The zero-order valence-electron chi connectivity index (χ0n) is 24.9. The lowest BCUT2D eigenvalue weighted by atomic mass is 9.88. The van der Waals surface area contributed by atoms with Gasteiger partial charge in [-0.15, -0.1) is 0 Å². The second-order valence-corrected chi connectivity index (χ2v) is 12.8. The Morgan fingerprint density at radius 2 is 2.05 bits per heavy atom. The number of anilines is 1. The van der Waals surface area contributed by atoms with E-state index in [1.807, 2.05) is 17.2 Å². The molecule has 0 radical (unpaired) electrons. The fourth-order valence-electron chi connectivity index (χ4n) is 6.48. The molecule has 0 bridgehead atoms. The molecule has 1 aromatic heterocycles. The number of pyridine rings is 1. The van der Waals surface area contributed by atoms with E-state index in [2.05, 4.69) is 47.8 Å². The summed E-state index contributed by atoms with van der Waals surface area (Å²) in [6.07, 6.45) is 2.03. The molecule has 2 fully saturated rings. The third-order valence-electron chi connectivity index (χ3n) is 8.83. The Morgan fingerprint density at radius 1 is 1.24 bits per heavy atom. The van der Waals surface area contributed by atoms with Crippen molar-refractivity contribution in [2.45, 2.75) is 57.2 Å². The van der Waals surface area contributed by atoms with Crippen molar-refractivity contribution in [3.8, 4) is 0 Å². The Labute approximate surface area is 242 Å². The Balaban J connectivity index is 1.34. The third-order valence-corrected chi connectivity index (χ3v) is 8.83. The summed E-state index contributed by atoms with van der Waals surface area (Å²) >= 11 is 0. The van der Waals surface area contributed by atoms with E-state index in [1.54, 1.807) is 7.11 Å². The molecule has 2 saturated heterocycles. The van der Waals surface area contributed by atoms with Crippen molar-refractivity contribution in [2.24, 2.45) is 0 Å². The molecular weight excluding hydrogens is 528 g/mol. The number of nitrogens with zero attached hydrogens (tertiary/aromatic N) is 4. The van der Waals surface area contributed by atoms with Gasteiger partial charge in [-0.25, -0.2) is 8.78 Å². The second-order valence-electron chi connectivity index (χ2n) is 12.8. The largest absolute Gasteiger partial charge is 0.383 e. The van der Waals surface area contributed by atoms with Crippen LogP contribution in [0.3, 0.4) is 0 Å². The number of carbonyl (C=O) groups is 1. The fourth-order valence-corrected chi connectivity index (χ4v) is 6.48. The Kier molecular flexibility index (Phi) is 8.78. The van der Waals surface area contributed by atoms with Crippen LogP contribution in [-0.4, -0.2) is 105 Å². The molecule has 224 valence electrons. The highest BCUT2D eigenvalue weighted by Gasteiger charge is 2.41. The molecule has 3 atom stereocenters. The number of fused-ring (bicyclic) bond motifs is 1. The van der Waals surface area contributed by atoms with E-state index in [0.717, 1.165) is 43.5 Å². The first-order chi connectivity index (χ1) is 19.5. The molecular formula is C31H43F2N5O3. The highest BCUT2D eigenvalue weighted by molar-refractivity contribution is 5.97. The maximum Gasteiger partial charge on any atom is 0.241 e. The maximum atomic E-state index is 14.4. The molecule has 8 nitrogen and oxygen atoms in total. The summed E-state index contributed by atoms with van der Waals surface area (Å²) in [5, 5.41) is 3.60. The molecule has 3 aliphatic rings. The molecule has 0 unspecified atom stereocenters. The van der Waals surface area contributed by atoms with Crippen LogP contribution in [0.2, 0.25) is 0 Å². The first-order valence-corrected chi connectivity index (χ1v) is 14.5. The number of morpholine rings is 1. The van der Waals surface area contributed by atoms with Crippen molar-refractivity contribution in [1.82, 2.24) is 20.1 Å². The minimum atomic E-state index is -0.607. The Morgan fingerprint density at radius 3 is 2.80 bits per heavy atom. The zero-order chi connectivity index (χ0) is 29.4. The Hall–Kier alpha value is -2.50. The summed E-state index contributed by atoms with van der Waals surface area (Å²) in [4.78, 5) is 25.2. The third kappa shape index (κ3) is 6.46. The summed E-state index contributed by atoms with van der Waals surface area (Å²) in [5.74, 6) is -1.16. The van der Waals surface area contributed by atoms with Gasteiger partial charge in [0.2, 0.25) is 5.91 Å². The number of benzene rings is 1. The van der Waals surface area contributed by atoms with Crippen molar-refractivity contribution in [3.05, 3.63) is 58.9 Å². The average molecular weight is 572 g/mol. The number of hydrogen-bond acceptors (Lipinski definition) is 7. The zero-order valence-corrected chi connectivity index (χ0v) is 24.9. The number of hydrogen-bond donors (Lipinski definition) is 1. The monoisotopic (exact) mass is 571 g/mol. The van der Waals surface area contributed by atoms with Gasteiger partial charge in [-0.1, -0.05) is 19.9 Å². The lowest BCUT2D eigenvalue weighted by molar-refractivity contribution is -0.122. The standard InChI is InChI=1S/C31H43F2N5O3/c1-21-15-36(25(13-34-21)16-37-8-9-41-20-31(37,4)19-40-5)17-29(39)38-18-30(2,3)26-14-35-24(12-28(26)38)10-22-6-7-23(32)11-27(22)33/h6-7,11-12,14,21,25,34H,8-10,13,15-20H2,1-5H3/t21-,25-,31-/m1/s1. The van der Waals surface area contributed by atoms with Crippen molar-refractivity contribution in [2.75, 3.05) is 71.1 Å². The van der Waals surface area contributed by atoms with Crippen LogP contribution in [0.25, 0.3) is 0 Å². The van der Waals surface area contributed by atoms with Crippen LogP contribution < -0.4 is 10.2 Å². The second kappa shape index (κ2) is 12.0. The number of nitrogens with one attached hydrogen (secondary N) is 1. The molecule has 0 aliphatic carbocycles. The highest BCUT2D eigenvalue weighted by Crippen LogP contribution is 2.40. The lowest BCUT2D eigenvalue weighted by Crippen LogP contribution is -2.65. The van der Waals surface area contributed by atoms with Crippen LogP contribution in [-0.2, 0) is 26.1 Å². The average Bonchev–Trinajstić information content (AvgIpc) is 3.18. The van der Waals surface area contributed by atoms with E-state index in [4.69, 9.17) is 9.47 Å². The molecule has 3 aliphatic heterocycles. The predicted octanol–water partition coefficient (Wildman–Crippen LogP) is 2.97. The smallest absolute Gasteiger partial charge is 0.241 e. The lowest BCUT2D eigenvalue weighted by Gasteiger charge is -2.48. The topological polar surface area (TPSA) is 70.2 Å². The number of rotatable bonds is 8. The number of methoxy groups -OCH3 is 1. The van der Waals surface area contributed by atoms with Crippen molar-refractivity contribution >= 4 is 11.6 Å². The number of halogens is 2. The van der Waals surface area contributed by atoms with Crippen LogP contribution in [0.4, 0.5) is 14.5 Å². The molecule has 1 N–H and O–H groups in total. The minimum absolute atomic E-state index is 0.0441. The van der Waals surface area contributed by atoms with Crippen LogP contribution in [0.5, 0.6) is 0 Å². The van der Waals surface area contributed by atoms with Crippen LogP contribution in [0.1, 0.15) is 44.5 Å². The van der Waals surface area contributed by atoms with Gasteiger partial charge in [0.15, 0.2) is 0 Å².